The maximum absolute atomic E-state index is 12.7. The van der Waals surface area contributed by atoms with Crippen LogP contribution in [0.4, 0.5) is 24.5 Å². The molecule has 1 amide bonds. The first-order valence-electron chi connectivity index (χ1n) is 6.38. The molecular formula is C13H18Cl2F3N3O. The molecule has 0 atom stereocenters. The van der Waals surface area contributed by atoms with Crippen LogP contribution in [0.25, 0.3) is 0 Å². The number of nitrogens with zero attached hydrogens (tertiary/aromatic N) is 1. The predicted octanol–water partition coefficient (Wildman–Crippen LogP) is 3.05. The number of benzene rings is 1. The molecule has 126 valence electrons. The van der Waals surface area contributed by atoms with E-state index in [1.165, 1.54) is 6.07 Å². The summed E-state index contributed by atoms with van der Waals surface area (Å²) in [5, 5.41) is 2.44. The van der Waals surface area contributed by atoms with E-state index in [2.05, 4.69) is 5.32 Å². The van der Waals surface area contributed by atoms with Gasteiger partial charge in [0.25, 0.3) is 0 Å². The molecule has 1 aromatic carbocycles. The predicted molar refractivity (Wildman–Crippen MR) is 85.1 cm³/mol. The highest BCUT2D eigenvalue weighted by Crippen LogP contribution is 2.36. The highest BCUT2D eigenvalue weighted by Gasteiger charge is 2.31. The second-order valence-electron chi connectivity index (χ2n) is 4.68. The molecule has 0 unspecified atom stereocenters. The molecule has 1 saturated heterocycles. The van der Waals surface area contributed by atoms with Gasteiger partial charge in [0.2, 0.25) is 5.91 Å². The summed E-state index contributed by atoms with van der Waals surface area (Å²) < 4.78 is 38.2. The van der Waals surface area contributed by atoms with Crippen molar-refractivity contribution in [3.8, 4) is 0 Å². The molecule has 2 rings (SSSR count). The van der Waals surface area contributed by atoms with Crippen LogP contribution < -0.4 is 16.0 Å². The maximum Gasteiger partial charge on any atom is 0.416 e. The molecular weight excluding hydrogens is 342 g/mol. The second kappa shape index (κ2) is 8.45. The van der Waals surface area contributed by atoms with Crippen LogP contribution in [-0.2, 0) is 11.0 Å². The molecule has 4 nitrogen and oxygen atoms in total. The van der Waals surface area contributed by atoms with E-state index in [4.69, 9.17) is 5.73 Å². The second-order valence-corrected chi connectivity index (χ2v) is 4.68. The van der Waals surface area contributed by atoms with Crippen molar-refractivity contribution in [1.82, 2.24) is 0 Å². The van der Waals surface area contributed by atoms with Gasteiger partial charge < -0.3 is 16.0 Å². The number of nitrogens with one attached hydrogen (secondary N) is 1. The fourth-order valence-electron chi connectivity index (χ4n) is 2.25. The van der Waals surface area contributed by atoms with Crippen LogP contribution in [0.5, 0.6) is 0 Å². The van der Waals surface area contributed by atoms with E-state index in [-0.39, 0.29) is 37.0 Å². The number of amides is 1. The van der Waals surface area contributed by atoms with Crippen LogP contribution >= 0.6 is 24.8 Å². The van der Waals surface area contributed by atoms with Gasteiger partial charge in [-0.15, -0.1) is 24.8 Å². The standard InChI is InChI=1S/C13H16F3N3O.2ClH/c14-13(15,16)9-3-4-11(19-5-1-2-6-19)10(7-9)18-12(20)8-17;;/h3-4,7H,1-2,5-6,8,17H2,(H,18,20);2*1H. The van der Waals surface area contributed by atoms with Crippen molar-refractivity contribution in [2.75, 3.05) is 29.9 Å². The summed E-state index contributed by atoms with van der Waals surface area (Å²) in [6, 6.07) is 3.40. The zero-order chi connectivity index (χ0) is 14.8. The Balaban J connectivity index is 0.00000220. The van der Waals surface area contributed by atoms with Gasteiger partial charge in [0.1, 0.15) is 0 Å². The maximum atomic E-state index is 12.7. The normalized spacial score (nSPS) is 14.1. The summed E-state index contributed by atoms with van der Waals surface area (Å²) in [5.41, 5.74) is 5.19. The summed E-state index contributed by atoms with van der Waals surface area (Å²) in [6.07, 6.45) is -2.46. The van der Waals surface area contributed by atoms with E-state index in [0.717, 1.165) is 38.1 Å². The van der Waals surface area contributed by atoms with E-state index in [0.29, 0.717) is 5.69 Å². The smallest absolute Gasteiger partial charge is 0.370 e. The number of carbonyl (C=O) groups excluding carboxylic acids is 1. The first-order chi connectivity index (χ1) is 9.41. The summed E-state index contributed by atoms with van der Waals surface area (Å²) in [5.74, 6) is -0.509. The van der Waals surface area contributed by atoms with Crippen LogP contribution in [0.3, 0.4) is 0 Å². The Bertz CT molecular complexity index is 506. The third-order valence-electron chi connectivity index (χ3n) is 3.23. The van der Waals surface area contributed by atoms with Crippen LogP contribution in [0, 0.1) is 0 Å². The van der Waals surface area contributed by atoms with Crippen molar-refractivity contribution >= 4 is 42.1 Å². The molecule has 0 aliphatic carbocycles. The first-order valence-corrected chi connectivity index (χ1v) is 6.38. The van der Waals surface area contributed by atoms with E-state index in [9.17, 15) is 18.0 Å². The number of rotatable bonds is 3. The fraction of sp³-hybridized carbons (Fsp3) is 0.462. The molecule has 0 saturated carbocycles. The van der Waals surface area contributed by atoms with Gasteiger partial charge in [-0.25, -0.2) is 0 Å². The number of carbonyl (C=O) groups is 1. The zero-order valence-corrected chi connectivity index (χ0v) is 13.3. The highest BCUT2D eigenvalue weighted by molar-refractivity contribution is 5.95. The molecule has 9 heteroatoms. The number of alkyl halides is 3. The lowest BCUT2D eigenvalue weighted by Crippen LogP contribution is -2.25. The van der Waals surface area contributed by atoms with Gasteiger partial charge in [0, 0.05) is 13.1 Å². The van der Waals surface area contributed by atoms with Gasteiger partial charge in [-0.1, -0.05) is 0 Å². The third kappa shape index (κ3) is 4.93. The molecule has 1 aromatic rings. The number of anilines is 2. The Hall–Kier alpha value is -1.18. The Kier molecular flexibility index (Phi) is 8.00. The molecule has 1 fully saturated rings. The average Bonchev–Trinajstić information content (AvgIpc) is 2.91. The van der Waals surface area contributed by atoms with Crippen LogP contribution in [0.15, 0.2) is 18.2 Å². The zero-order valence-electron chi connectivity index (χ0n) is 11.7. The third-order valence-corrected chi connectivity index (χ3v) is 3.23. The van der Waals surface area contributed by atoms with Crippen LogP contribution in [0.1, 0.15) is 18.4 Å². The topological polar surface area (TPSA) is 58.4 Å². The van der Waals surface area contributed by atoms with Crippen molar-refractivity contribution in [3.05, 3.63) is 23.8 Å². The molecule has 0 aromatic heterocycles. The summed E-state index contributed by atoms with van der Waals surface area (Å²) in [4.78, 5) is 13.3. The lowest BCUT2D eigenvalue weighted by Gasteiger charge is -2.22. The van der Waals surface area contributed by atoms with Crippen LogP contribution in [0.2, 0.25) is 0 Å². The largest absolute Gasteiger partial charge is 0.416 e. The molecule has 3 N–H and O–H groups in total. The lowest BCUT2D eigenvalue weighted by atomic mass is 10.1. The number of halogens is 5. The molecule has 0 spiro atoms. The van der Waals surface area contributed by atoms with Crippen molar-refractivity contribution in [3.63, 3.8) is 0 Å². The van der Waals surface area contributed by atoms with Gasteiger partial charge in [-0.3, -0.25) is 4.79 Å². The van der Waals surface area contributed by atoms with Gasteiger partial charge in [-0.05, 0) is 31.0 Å². The summed E-state index contributed by atoms with van der Waals surface area (Å²) in [7, 11) is 0. The van der Waals surface area contributed by atoms with Gasteiger partial charge in [-0.2, -0.15) is 13.2 Å². The van der Waals surface area contributed by atoms with Crippen molar-refractivity contribution in [1.29, 1.82) is 0 Å². The van der Waals surface area contributed by atoms with E-state index < -0.39 is 17.6 Å². The van der Waals surface area contributed by atoms with Gasteiger partial charge in [0.15, 0.2) is 0 Å². The molecule has 1 aliphatic heterocycles. The highest BCUT2D eigenvalue weighted by atomic mass is 35.5. The fourth-order valence-corrected chi connectivity index (χ4v) is 2.25. The molecule has 22 heavy (non-hydrogen) atoms. The van der Waals surface area contributed by atoms with Crippen molar-refractivity contribution in [2.45, 2.75) is 19.0 Å². The van der Waals surface area contributed by atoms with Gasteiger partial charge in [0.05, 0.1) is 23.5 Å². The molecule has 0 radical (unpaired) electrons. The Labute approximate surface area is 139 Å². The minimum atomic E-state index is -4.44. The van der Waals surface area contributed by atoms with Crippen molar-refractivity contribution in [2.24, 2.45) is 5.73 Å². The Morgan fingerprint density at radius 2 is 1.82 bits per heavy atom. The molecule has 1 heterocycles. The SMILES string of the molecule is Cl.Cl.NCC(=O)Nc1cc(C(F)(F)F)ccc1N1CCCC1. The first kappa shape index (κ1) is 20.8. The summed E-state index contributed by atoms with van der Waals surface area (Å²) in [6.45, 7) is 1.28. The number of nitrogens with two attached hydrogens (primary N) is 1. The number of hydrogen-bond acceptors (Lipinski definition) is 3. The Morgan fingerprint density at radius 3 is 2.32 bits per heavy atom. The molecule has 0 bridgehead atoms. The van der Waals surface area contributed by atoms with Crippen LogP contribution in [-0.4, -0.2) is 25.5 Å². The average molecular weight is 360 g/mol. The number of hydrogen-bond donors (Lipinski definition) is 2. The monoisotopic (exact) mass is 359 g/mol. The van der Waals surface area contributed by atoms with Gasteiger partial charge >= 0.3 is 6.18 Å². The quantitative estimate of drug-likeness (QED) is 0.871. The molecule has 1 aliphatic rings. The van der Waals surface area contributed by atoms with E-state index in [1.807, 2.05) is 4.90 Å². The summed E-state index contributed by atoms with van der Waals surface area (Å²) >= 11 is 0. The Morgan fingerprint density at radius 1 is 1.23 bits per heavy atom. The lowest BCUT2D eigenvalue weighted by molar-refractivity contribution is -0.137. The minimum absolute atomic E-state index is 0. The minimum Gasteiger partial charge on any atom is -0.370 e. The van der Waals surface area contributed by atoms with E-state index in [1.54, 1.807) is 0 Å². The van der Waals surface area contributed by atoms with Crippen molar-refractivity contribution < 1.29 is 18.0 Å². The van der Waals surface area contributed by atoms with E-state index >= 15 is 0 Å².